The highest BCUT2D eigenvalue weighted by Crippen LogP contribution is 2.27. The Balaban J connectivity index is 1.73. The second-order valence-electron chi connectivity index (χ2n) is 6.33. The molecule has 3 rings (SSSR count). The molecule has 0 saturated carbocycles. The van der Waals surface area contributed by atoms with E-state index in [1.807, 2.05) is 51.1 Å². The molecular formula is C19H21N3O2. The van der Waals surface area contributed by atoms with Crippen molar-refractivity contribution in [3.63, 3.8) is 0 Å². The van der Waals surface area contributed by atoms with Crippen molar-refractivity contribution in [1.29, 1.82) is 0 Å². The molecule has 1 fully saturated rings. The molecule has 1 aromatic carbocycles. The number of nitrogens with one attached hydrogen (secondary N) is 1. The van der Waals surface area contributed by atoms with Crippen molar-refractivity contribution in [3.05, 3.63) is 53.2 Å². The van der Waals surface area contributed by atoms with E-state index in [1.165, 1.54) is 5.56 Å². The third-order valence-corrected chi connectivity index (χ3v) is 4.55. The first-order chi connectivity index (χ1) is 11.5. The second kappa shape index (κ2) is 6.43. The zero-order valence-corrected chi connectivity index (χ0v) is 14.2. The van der Waals surface area contributed by atoms with Crippen LogP contribution in [0.3, 0.4) is 0 Å². The molecule has 0 unspecified atom stereocenters. The summed E-state index contributed by atoms with van der Waals surface area (Å²) in [5.41, 5.74) is 4.08. The highest BCUT2D eigenvalue weighted by atomic mass is 16.2. The summed E-state index contributed by atoms with van der Waals surface area (Å²) in [4.78, 5) is 30.7. The van der Waals surface area contributed by atoms with Crippen LogP contribution in [0, 0.1) is 26.7 Å². The quantitative estimate of drug-likeness (QED) is 0.944. The number of anilines is 2. The zero-order valence-electron chi connectivity index (χ0n) is 14.2. The smallest absolute Gasteiger partial charge is 0.230 e. The van der Waals surface area contributed by atoms with E-state index < -0.39 is 0 Å². The third-order valence-electron chi connectivity index (χ3n) is 4.55. The van der Waals surface area contributed by atoms with E-state index >= 15 is 0 Å². The SMILES string of the molecule is Cc1ccc(N2C[C@H](C(=O)Nc3ncccc3C)CC2=O)cc1C. The Labute approximate surface area is 141 Å². The molecule has 0 spiro atoms. The van der Waals surface area contributed by atoms with Crippen molar-refractivity contribution < 1.29 is 9.59 Å². The summed E-state index contributed by atoms with van der Waals surface area (Å²) < 4.78 is 0. The van der Waals surface area contributed by atoms with Crippen LogP contribution >= 0.6 is 0 Å². The number of aromatic nitrogens is 1. The average Bonchev–Trinajstić information content (AvgIpc) is 2.94. The van der Waals surface area contributed by atoms with Crippen molar-refractivity contribution in [2.24, 2.45) is 5.92 Å². The Kier molecular flexibility index (Phi) is 4.34. The monoisotopic (exact) mass is 323 g/mol. The lowest BCUT2D eigenvalue weighted by Crippen LogP contribution is -2.28. The maximum absolute atomic E-state index is 12.5. The first kappa shape index (κ1) is 16.2. The number of hydrogen-bond acceptors (Lipinski definition) is 3. The number of nitrogens with zero attached hydrogens (tertiary/aromatic N) is 2. The maximum atomic E-state index is 12.5. The van der Waals surface area contributed by atoms with E-state index in [-0.39, 0.29) is 24.2 Å². The predicted molar refractivity (Wildman–Crippen MR) is 94.0 cm³/mol. The van der Waals surface area contributed by atoms with Crippen molar-refractivity contribution in [2.75, 3.05) is 16.8 Å². The van der Waals surface area contributed by atoms with Crippen LogP contribution in [0.25, 0.3) is 0 Å². The summed E-state index contributed by atoms with van der Waals surface area (Å²) in [6, 6.07) is 9.65. The fourth-order valence-corrected chi connectivity index (χ4v) is 2.86. The summed E-state index contributed by atoms with van der Waals surface area (Å²) in [5, 5.41) is 2.84. The van der Waals surface area contributed by atoms with Crippen LogP contribution in [0.4, 0.5) is 11.5 Å². The predicted octanol–water partition coefficient (Wildman–Crippen LogP) is 3.00. The average molecular weight is 323 g/mol. The fourth-order valence-electron chi connectivity index (χ4n) is 2.86. The molecule has 0 bridgehead atoms. The summed E-state index contributed by atoms with van der Waals surface area (Å²) in [5.74, 6) is 0.0210. The number of carbonyl (C=O) groups excluding carboxylic acids is 2. The lowest BCUT2D eigenvalue weighted by Gasteiger charge is -2.18. The number of hydrogen-bond donors (Lipinski definition) is 1. The van der Waals surface area contributed by atoms with Gasteiger partial charge < -0.3 is 10.2 Å². The Bertz CT molecular complexity index is 801. The number of carbonyl (C=O) groups is 2. The van der Waals surface area contributed by atoms with Crippen molar-refractivity contribution in [2.45, 2.75) is 27.2 Å². The minimum atomic E-state index is -0.361. The molecule has 2 aromatic rings. The van der Waals surface area contributed by atoms with Gasteiger partial charge in [0.05, 0.1) is 5.92 Å². The topological polar surface area (TPSA) is 62.3 Å². The van der Waals surface area contributed by atoms with Gasteiger partial charge in [-0.2, -0.15) is 0 Å². The van der Waals surface area contributed by atoms with Gasteiger partial charge in [-0.05, 0) is 55.7 Å². The van der Waals surface area contributed by atoms with Gasteiger partial charge in [-0.25, -0.2) is 4.98 Å². The van der Waals surface area contributed by atoms with Gasteiger partial charge in [-0.15, -0.1) is 0 Å². The summed E-state index contributed by atoms with van der Waals surface area (Å²) in [6.07, 6.45) is 1.87. The molecule has 1 aliphatic heterocycles. The van der Waals surface area contributed by atoms with Crippen molar-refractivity contribution >= 4 is 23.3 Å². The minimum absolute atomic E-state index is 0.0175. The number of benzene rings is 1. The van der Waals surface area contributed by atoms with Crippen LogP contribution in [0.5, 0.6) is 0 Å². The maximum Gasteiger partial charge on any atom is 0.230 e. The molecule has 2 heterocycles. The Morgan fingerprint density at radius 3 is 2.67 bits per heavy atom. The Morgan fingerprint density at radius 1 is 1.17 bits per heavy atom. The molecule has 0 radical (unpaired) electrons. The highest BCUT2D eigenvalue weighted by molar-refractivity contribution is 6.03. The lowest BCUT2D eigenvalue weighted by molar-refractivity contribution is -0.122. The molecule has 5 heteroatoms. The Morgan fingerprint density at radius 2 is 1.96 bits per heavy atom. The summed E-state index contributed by atoms with van der Waals surface area (Å²) >= 11 is 0. The standard InChI is InChI=1S/C19H21N3O2/c1-12-6-7-16(9-14(12)3)22-11-15(10-17(22)23)19(24)21-18-13(2)5-4-8-20-18/h4-9,15H,10-11H2,1-3H3,(H,20,21,24)/t15-/m1/s1. The van der Waals surface area contributed by atoms with Crippen molar-refractivity contribution in [1.82, 2.24) is 4.98 Å². The molecule has 1 aliphatic rings. The van der Waals surface area contributed by atoms with E-state index in [0.29, 0.717) is 12.4 Å². The van der Waals surface area contributed by atoms with E-state index in [4.69, 9.17) is 0 Å². The molecule has 1 aromatic heterocycles. The molecule has 1 saturated heterocycles. The fraction of sp³-hybridized carbons (Fsp3) is 0.316. The van der Waals surface area contributed by atoms with Crippen LogP contribution < -0.4 is 10.2 Å². The van der Waals surface area contributed by atoms with E-state index in [0.717, 1.165) is 16.8 Å². The molecular weight excluding hydrogens is 302 g/mol. The number of rotatable bonds is 3. The van der Waals surface area contributed by atoms with Crippen molar-refractivity contribution in [3.8, 4) is 0 Å². The molecule has 24 heavy (non-hydrogen) atoms. The van der Waals surface area contributed by atoms with E-state index in [9.17, 15) is 9.59 Å². The van der Waals surface area contributed by atoms with Gasteiger partial charge in [-0.3, -0.25) is 9.59 Å². The van der Waals surface area contributed by atoms with Gasteiger partial charge in [0.1, 0.15) is 5.82 Å². The second-order valence-corrected chi connectivity index (χ2v) is 6.33. The number of pyridine rings is 1. The molecule has 0 aliphatic carbocycles. The van der Waals surface area contributed by atoms with Crippen LogP contribution in [0.2, 0.25) is 0 Å². The van der Waals surface area contributed by atoms with Crippen LogP contribution in [0.15, 0.2) is 36.5 Å². The number of amides is 2. The zero-order chi connectivity index (χ0) is 17.3. The lowest BCUT2D eigenvalue weighted by atomic mass is 10.1. The summed E-state index contributed by atoms with van der Waals surface area (Å²) in [7, 11) is 0. The molecule has 1 atom stereocenters. The largest absolute Gasteiger partial charge is 0.312 e. The molecule has 124 valence electrons. The minimum Gasteiger partial charge on any atom is -0.312 e. The van der Waals surface area contributed by atoms with E-state index in [2.05, 4.69) is 10.3 Å². The summed E-state index contributed by atoms with van der Waals surface area (Å²) in [6.45, 7) is 6.35. The van der Waals surface area contributed by atoms with Gasteiger partial charge in [0, 0.05) is 24.8 Å². The van der Waals surface area contributed by atoms with Gasteiger partial charge >= 0.3 is 0 Å². The first-order valence-corrected chi connectivity index (χ1v) is 8.06. The first-order valence-electron chi connectivity index (χ1n) is 8.06. The van der Waals surface area contributed by atoms with Gasteiger partial charge in [0.15, 0.2) is 0 Å². The highest BCUT2D eigenvalue weighted by Gasteiger charge is 2.35. The van der Waals surface area contributed by atoms with Gasteiger partial charge in [-0.1, -0.05) is 12.1 Å². The van der Waals surface area contributed by atoms with E-state index in [1.54, 1.807) is 11.1 Å². The molecule has 2 amide bonds. The van der Waals surface area contributed by atoms with Crippen LogP contribution in [-0.2, 0) is 9.59 Å². The Hall–Kier alpha value is -2.69. The van der Waals surface area contributed by atoms with Crippen LogP contribution in [0.1, 0.15) is 23.1 Å². The third kappa shape index (κ3) is 3.15. The van der Waals surface area contributed by atoms with Gasteiger partial charge in [0.25, 0.3) is 0 Å². The van der Waals surface area contributed by atoms with Gasteiger partial charge in [0.2, 0.25) is 11.8 Å². The molecule has 5 nitrogen and oxygen atoms in total. The van der Waals surface area contributed by atoms with Crippen LogP contribution in [-0.4, -0.2) is 23.3 Å². The number of aryl methyl sites for hydroxylation is 3. The normalized spacial score (nSPS) is 17.2. The molecule has 1 N–H and O–H groups in total.